The predicted octanol–water partition coefficient (Wildman–Crippen LogP) is 3.49. The smallest absolute Gasteiger partial charge is 0.238 e. The Kier molecular flexibility index (Phi) is 8.41. The molecule has 0 saturated heterocycles. The molecule has 2 aromatic carbocycles. The molecule has 9 nitrogen and oxygen atoms in total. The number of nitrogens with zero attached hydrogens (tertiary/aromatic N) is 3. The molecule has 1 amide bonds. The molecule has 4 aromatic rings. The highest BCUT2D eigenvalue weighted by molar-refractivity contribution is 7.99. The molecule has 12 heteroatoms. The number of ether oxygens (including phenoxy) is 1. The van der Waals surface area contributed by atoms with Gasteiger partial charge in [-0.3, -0.25) is 9.36 Å². The SMILES string of the molecule is CCOc1ccc(-n2c(SCC(=O)NCCc3ccc(S(N)(=O)=O)cc3)nnc2-c2cccs2)cc1. The average Bonchev–Trinajstić information content (AvgIpc) is 3.53. The normalized spacial score (nSPS) is 11.4. The van der Waals surface area contributed by atoms with Crippen LogP contribution in [0.3, 0.4) is 0 Å². The first kappa shape index (κ1) is 25.9. The zero-order chi connectivity index (χ0) is 25.5. The van der Waals surface area contributed by atoms with E-state index in [2.05, 4.69) is 15.5 Å². The van der Waals surface area contributed by atoms with Crippen molar-refractivity contribution >= 4 is 39.0 Å². The molecule has 3 N–H and O–H groups in total. The summed E-state index contributed by atoms with van der Waals surface area (Å²) in [7, 11) is -3.72. The van der Waals surface area contributed by atoms with Gasteiger partial charge in [-0.1, -0.05) is 30.0 Å². The van der Waals surface area contributed by atoms with Crippen molar-refractivity contribution in [2.24, 2.45) is 5.14 Å². The number of hydrogen-bond donors (Lipinski definition) is 2. The van der Waals surface area contributed by atoms with Crippen molar-refractivity contribution in [1.29, 1.82) is 0 Å². The molecule has 0 fully saturated rings. The van der Waals surface area contributed by atoms with E-state index in [-0.39, 0.29) is 16.6 Å². The summed E-state index contributed by atoms with van der Waals surface area (Å²) in [5.41, 5.74) is 1.77. The van der Waals surface area contributed by atoms with Crippen molar-refractivity contribution < 1.29 is 17.9 Å². The van der Waals surface area contributed by atoms with Gasteiger partial charge >= 0.3 is 0 Å². The lowest BCUT2D eigenvalue weighted by Gasteiger charge is -2.11. The first-order valence-electron chi connectivity index (χ1n) is 11.1. The van der Waals surface area contributed by atoms with Crippen LogP contribution in [0, 0.1) is 0 Å². The van der Waals surface area contributed by atoms with E-state index >= 15 is 0 Å². The van der Waals surface area contributed by atoms with E-state index in [1.807, 2.05) is 53.3 Å². The van der Waals surface area contributed by atoms with E-state index in [1.54, 1.807) is 23.5 Å². The minimum Gasteiger partial charge on any atom is -0.494 e. The first-order valence-corrected chi connectivity index (χ1v) is 14.5. The van der Waals surface area contributed by atoms with Crippen LogP contribution < -0.4 is 15.2 Å². The van der Waals surface area contributed by atoms with E-state index < -0.39 is 10.0 Å². The van der Waals surface area contributed by atoms with Crippen LogP contribution in [0.1, 0.15) is 12.5 Å². The molecule has 36 heavy (non-hydrogen) atoms. The minimum atomic E-state index is -3.72. The Labute approximate surface area is 217 Å². The second-order valence-electron chi connectivity index (χ2n) is 7.62. The Morgan fingerprint density at radius 3 is 2.50 bits per heavy atom. The first-order chi connectivity index (χ1) is 17.3. The summed E-state index contributed by atoms with van der Waals surface area (Å²) in [4.78, 5) is 13.5. The molecule has 0 unspecified atom stereocenters. The van der Waals surface area contributed by atoms with Gasteiger partial charge in [0.1, 0.15) is 5.75 Å². The van der Waals surface area contributed by atoms with E-state index in [1.165, 1.54) is 23.9 Å². The maximum atomic E-state index is 12.5. The lowest BCUT2D eigenvalue weighted by molar-refractivity contribution is -0.118. The van der Waals surface area contributed by atoms with Crippen LogP contribution in [0.4, 0.5) is 0 Å². The fourth-order valence-electron chi connectivity index (χ4n) is 3.39. The van der Waals surface area contributed by atoms with Gasteiger partial charge < -0.3 is 10.1 Å². The van der Waals surface area contributed by atoms with Gasteiger partial charge in [0.25, 0.3) is 0 Å². The topological polar surface area (TPSA) is 129 Å². The van der Waals surface area contributed by atoms with Crippen LogP contribution in [0.2, 0.25) is 0 Å². The van der Waals surface area contributed by atoms with Crippen molar-refractivity contribution in [3.05, 3.63) is 71.6 Å². The molecule has 0 atom stereocenters. The number of thioether (sulfide) groups is 1. The summed E-state index contributed by atoms with van der Waals surface area (Å²) < 4.78 is 30.2. The summed E-state index contributed by atoms with van der Waals surface area (Å²) in [5.74, 6) is 1.52. The number of carbonyl (C=O) groups excluding carboxylic acids is 1. The monoisotopic (exact) mass is 543 g/mol. The van der Waals surface area contributed by atoms with Gasteiger partial charge in [-0.2, -0.15) is 0 Å². The average molecular weight is 544 g/mol. The molecular formula is C24H25N5O4S3. The molecule has 0 radical (unpaired) electrons. The van der Waals surface area contributed by atoms with Crippen molar-refractivity contribution in [1.82, 2.24) is 20.1 Å². The molecule has 0 aliphatic heterocycles. The third-order valence-corrected chi connectivity index (χ3v) is 7.82. The zero-order valence-corrected chi connectivity index (χ0v) is 21.9. The maximum Gasteiger partial charge on any atom is 0.238 e. The minimum absolute atomic E-state index is 0.0604. The highest BCUT2D eigenvalue weighted by Gasteiger charge is 2.18. The highest BCUT2D eigenvalue weighted by atomic mass is 32.2. The number of thiophene rings is 1. The molecule has 4 rings (SSSR count). The number of nitrogens with one attached hydrogen (secondary N) is 1. The van der Waals surface area contributed by atoms with Gasteiger partial charge in [0.05, 0.1) is 27.8 Å². The lowest BCUT2D eigenvalue weighted by atomic mass is 10.1. The third kappa shape index (κ3) is 6.52. The fraction of sp³-hybridized carbons (Fsp3) is 0.208. The van der Waals surface area contributed by atoms with E-state index in [0.29, 0.717) is 30.6 Å². The molecule has 0 spiro atoms. The van der Waals surface area contributed by atoms with Crippen molar-refractivity contribution in [3.63, 3.8) is 0 Å². The van der Waals surface area contributed by atoms with Crippen LogP contribution >= 0.6 is 23.1 Å². The number of carbonyl (C=O) groups is 1. The Bertz CT molecular complexity index is 1400. The Balaban J connectivity index is 1.40. The second-order valence-corrected chi connectivity index (χ2v) is 11.1. The van der Waals surface area contributed by atoms with E-state index in [9.17, 15) is 13.2 Å². The summed E-state index contributed by atoms with van der Waals surface area (Å²) in [6.45, 7) is 2.94. The number of amides is 1. The number of aromatic nitrogens is 3. The van der Waals surface area contributed by atoms with Gasteiger partial charge in [-0.25, -0.2) is 13.6 Å². The number of sulfonamides is 1. The van der Waals surface area contributed by atoms with Crippen molar-refractivity contribution in [2.75, 3.05) is 18.9 Å². The van der Waals surface area contributed by atoms with Crippen LogP contribution in [-0.4, -0.2) is 48.0 Å². The van der Waals surface area contributed by atoms with Crippen LogP contribution in [0.5, 0.6) is 5.75 Å². The molecule has 0 saturated carbocycles. The zero-order valence-electron chi connectivity index (χ0n) is 19.5. The molecule has 2 heterocycles. The summed E-state index contributed by atoms with van der Waals surface area (Å²) >= 11 is 2.87. The number of nitrogens with two attached hydrogens (primary N) is 1. The second kappa shape index (κ2) is 11.7. The highest BCUT2D eigenvalue weighted by Crippen LogP contribution is 2.31. The number of hydrogen-bond acceptors (Lipinski definition) is 8. The molecular weight excluding hydrogens is 518 g/mol. The predicted molar refractivity (Wildman–Crippen MR) is 141 cm³/mol. The van der Waals surface area contributed by atoms with Gasteiger partial charge in [0.2, 0.25) is 15.9 Å². The third-order valence-electron chi connectivity index (χ3n) is 5.10. The molecule has 188 valence electrons. The molecule has 2 aromatic heterocycles. The van der Waals surface area contributed by atoms with E-state index in [4.69, 9.17) is 9.88 Å². The summed E-state index contributed by atoms with van der Waals surface area (Å²) in [6.07, 6.45) is 0.562. The van der Waals surface area contributed by atoms with Crippen molar-refractivity contribution in [2.45, 2.75) is 23.4 Å². The standard InChI is InChI=1S/C24H25N5O4S3/c1-2-33-19-9-7-18(8-10-19)29-23(21-4-3-15-34-21)27-28-24(29)35-16-22(30)26-14-13-17-5-11-20(12-6-17)36(25,31)32/h3-12,15H,2,13-14,16H2,1H3,(H,26,30)(H2,25,31,32). The Morgan fingerprint density at radius 2 is 1.86 bits per heavy atom. The van der Waals surface area contributed by atoms with Gasteiger partial charge in [0, 0.05) is 6.54 Å². The molecule has 0 aliphatic rings. The van der Waals surface area contributed by atoms with Crippen molar-refractivity contribution in [3.8, 4) is 22.1 Å². The molecule has 0 aliphatic carbocycles. The van der Waals surface area contributed by atoms with Gasteiger partial charge in [-0.15, -0.1) is 21.5 Å². The van der Waals surface area contributed by atoms with Crippen LogP contribution in [0.15, 0.2) is 76.1 Å². The maximum absolute atomic E-state index is 12.5. The van der Waals surface area contributed by atoms with Crippen LogP contribution in [0.25, 0.3) is 16.4 Å². The fourth-order valence-corrected chi connectivity index (χ4v) is 5.39. The van der Waals surface area contributed by atoms with E-state index in [0.717, 1.165) is 21.9 Å². The Hall–Kier alpha value is -3.19. The number of rotatable bonds is 11. The lowest BCUT2D eigenvalue weighted by Crippen LogP contribution is -2.27. The van der Waals surface area contributed by atoms with Gasteiger partial charge in [-0.05, 0) is 66.8 Å². The largest absolute Gasteiger partial charge is 0.494 e. The quantitative estimate of drug-likeness (QED) is 0.277. The van der Waals surface area contributed by atoms with Crippen LogP contribution in [-0.2, 0) is 21.2 Å². The van der Waals surface area contributed by atoms with Gasteiger partial charge in [0.15, 0.2) is 11.0 Å². The summed E-state index contributed by atoms with van der Waals surface area (Å²) in [6, 6.07) is 17.9. The molecule has 0 bridgehead atoms. The number of primary sulfonamides is 1. The Morgan fingerprint density at radius 1 is 1.11 bits per heavy atom. The number of benzene rings is 2. The summed E-state index contributed by atoms with van der Waals surface area (Å²) in [5, 5.41) is 19.3.